The van der Waals surface area contributed by atoms with Crippen LogP contribution in [0.3, 0.4) is 0 Å². The van der Waals surface area contributed by atoms with Crippen molar-refractivity contribution in [2.24, 2.45) is 0 Å². The van der Waals surface area contributed by atoms with Crippen LogP contribution in [-0.4, -0.2) is 10.2 Å². The molecule has 174 valence electrons. The van der Waals surface area contributed by atoms with Gasteiger partial charge in [-0.1, -0.05) is 97.1 Å². The molecular weight excluding hydrogens is 440 g/mol. The molecule has 0 atom stereocenters. The van der Waals surface area contributed by atoms with Crippen LogP contribution in [0.2, 0.25) is 0 Å². The van der Waals surface area contributed by atoms with Crippen LogP contribution in [0, 0.1) is 13.8 Å². The molecule has 6 aromatic rings. The quantitative estimate of drug-likeness (QED) is 0.273. The van der Waals surface area contributed by atoms with E-state index in [0.29, 0.717) is 0 Å². The molecule has 0 aliphatic heterocycles. The maximum atomic E-state index is 11.0. The van der Waals surface area contributed by atoms with Crippen molar-refractivity contribution in [3.8, 4) is 44.9 Å². The van der Waals surface area contributed by atoms with Gasteiger partial charge in [0.05, 0.1) is 0 Å². The van der Waals surface area contributed by atoms with Gasteiger partial charge in [-0.2, -0.15) is 0 Å². The van der Waals surface area contributed by atoms with Crippen molar-refractivity contribution in [3.63, 3.8) is 0 Å². The van der Waals surface area contributed by atoms with Gasteiger partial charge in [0.15, 0.2) is 0 Å². The van der Waals surface area contributed by atoms with E-state index in [4.69, 9.17) is 0 Å². The molecule has 2 heteroatoms. The third-order valence-electron chi connectivity index (χ3n) is 7.09. The number of benzene rings is 6. The molecule has 0 aliphatic carbocycles. The largest absolute Gasteiger partial charge is 0.507 e. The molecule has 0 saturated heterocycles. The van der Waals surface area contributed by atoms with E-state index < -0.39 is 0 Å². The van der Waals surface area contributed by atoms with Crippen molar-refractivity contribution >= 4 is 21.5 Å². The average molecular weight is 467 g/mol. The zero-order valence-electron chi connectivity index (χ0n) is 20.3. The molecule has 36 heavy (non-hydrogen) atoms. The van der Waals surface area contributed by atoms with Gasteiger partial charge in [-0.05, 0) is 80.9 Å². The van der Waals surface area contributed by atoms with Crippen LogP contribution in [0.1, 0.15) is 11.1 Å². The Morgan fingerprint density at radius 3 is 1.19 bits per heavy atom. The number of hydrogen-bond acceptors (Lipinski definition) is 2. The number of rotatable bonds is 3. The second-order valence-corrected chi connectivity index (χ2v) is 9.36. The van der Waals surface area contributed by atoms with E-state index in [9.17, 15) is 10.2 Å². The third-order valence-corrected chi connectivity index (χ3v) is 7.09. The van der Waals surface area contributed by atoms with E-state index in [-0.39, 0.29) is 11.5 Å². The summed E-state index contributed by atoms with van der Waals surface area (Å²) >= 11 is 0. The number of aryl methyl sites for hydroxylation is 2. The maximum Gasteiger partial charge on any atom is 0.123 e. The van der Waals surface area contributed by atoms with Crippen LogP contribution < -0.4 is 0 Å². The molecule has 0 spiro atoms. The predicted octanol–water partition coefficient (Wildman–Crippen LogP) is 9.02. The monoisotopic (exact) mass is 466 g/mol. The number of hydrogen-bond donors (Lipinski definition) is 2. The molecule has 0 fully saturated rings. The average Bonchev–Trinajstić information content (AvgIpc) is 2.88. The lowest BCUT2D eigenvalue weighted by molar-refractivity contribution is 0.476. The standard InChI is InChI=1S/C34H26O2/c1-21-19-23-11-3-5-13-25(23)33(31(21)27-15-7-9-17-29(27)35)34-26-14-6-4-12-24(26)20-22(2)32(34)28-16-8-10-18-30(28)36/h3-20,35-36H,1-2H3. The van der Waals surface area contributed by atoms with E-state index in [2.05, 4.69) is 74.5 Å². The van der Waals surface area contributed by atoms with Crippen LogP contribution in [-0.2, 0) is 0 Å². The number of phenolic OH excluding ortho intramolecular Hbond substituents is 2. The molecule has 2 nitrogen and oxygen atoms in total. The molecule has 0 aliphatic rings. The zero-order valence-corrected chi connectivity index (χ0v) is 20.3. The Labute approximate surface area is 210 Å². The normalized spacial score (nSPS) is 11.3. The first-order valence-electron chi connectivity index (χ1n) is 12.2. The van der Waals surface area contributed by atoms with Crippen LogP contribution in [0.15, 0.2) is 109 Å². The van der Waals surface area contributed by atoms with E-state index in [0.717, 1.165) is 66.1 Å². The molecule has 0 heterocycles. The minimum absolute atomic E-state index is 0.248. The summed E-state index contributed by atoms with van der Waals surface area (Å²) in [5, 5.41) is 26.5. The molecule has 2 N–H and O–H groups in total. The summed E-state index contributed by atoms with van der Waals surface area (Å²) < 4.78 is 0. The van der Waals surface area contributed by atoms with Crippen molar-refractivity contribution in [2.45, 2.75) is 13.8 Å². The Morgan fingerprint density at radius 2 is 0.778 bits per heavy atom. The van der Waals surface area contributed by atoms with E-state index in [1.54, 1.807) is 12.1 Å². The SMILES string of the molecule is Cc1cc2ccccc2c(-c2c(-c3ccccc3O)c(C)cc3ccccc23)c1-c1ccccc1O. The Balaban J connectivity index is 1.90. The van der Waals surface area contributed by atoms with Crippen LogP contribution >= 0.6 is 0 Å². The Kier molecular flexibility index (Phi) is 5.23. The molecule has 0 aromatic heterocycles. The van der Waals surface area contributed by atoms with Gasteiger partial charge in [0, 0.05) is 11.1 Å². The fourth-order valence-corrected chi connectivity index (χ4v) is 5.56. The summed E-state index contributed by atoms with van der Waals surface area (Å²) in [6.07, 6.45) is 0. The van der Waals surface area contributed by atoms with Gasteiger partial charge in [0.2, 0.25) is 0 Å². The van der Waals surface area contributed by atoms with Gasteiger partial charge < -0.3 is 10.2 Å². The highest BCUT2D eigenvalue weighted by atomic mass is 16.3. The fraction of sp³-hybridized carbons (Fsp3) is 0.0588. The van der Waals surface area contributed by atoms with Gasteiger partial charge in [-0.3, -0.25) is 0 Å². The Morgan fingerprint density at radius 1 is 0.417 bits per heavy atom. The van der Waals surface area contributed by atoms with Gasteiger partial charge in [-0.25, -0.2) is 0 Å². The number of phenols is 2. The Hall–Kier alpha value is -4.56. The zero-order chi connectivity index (χ0) is 24.8. The third kappa shape index (κ3) is 3.42. The first-order chi connectivity index (χ1) is 17.5. The second kappa shape index (κ2) is 8.58. The fourth-order valence-electron chi connectivity index (χ4n) is 5.56. The number of para-hydroxylation sites is 2. The highest BCUT2D eigenvalue weighted by Crippen LogP contribution is 2.50. The molecule has 0 bridgehead atoms. The smallest absolute Gasteiger partial charge is 0.123 e. The van der Waals surface area contributed by atoms with Crippen molar-refractivity contribution in [1.82, 2.24) is 0 Å². The molecular formula is C34H26O2. The van der Waals surface area contributed by atoms with E-state index in [1.807, 2.05) is 36.4 Å². The summed E-state index contributed by atoms with van der Waals surface area (Å²) in [6, 6.07) is 36.3. The lowest BCUT2D eigenvalue weighted by Crippen LogP contribution is -1.97. The predicted molar refractivity (Wildman–Crippen MR) is 151 cm³/mol. The molecule has 6 rings (SSSR count). The maximum absolute atomic E-state index is 11.0. The Bertz CT molecular complexity index is 1650. The summed E-state index contributed by atoms with van der Waals surface area (Å²) in [7, 11) is 0. The number of aromatic hydroxyl groups is 2. The van der Waals surface area contributed by atoms with Gasteiger partial charge in [-0.15, -0.1) is 0 Å². The van der Waals surface area contributed by atoms with E-state index >= 15 is 0 Å². The van der Waals surface area contributed by atoms with Crippen LogP contribution in [0.25, 0.3) is 54.9 Å². The van der Waals surface area contributed by atoms with Crippen LogP contribution in [0.4, 0.5) is 0 Å². The summed E-state index contributed by atoms with van der Waals surface area (Å²) in [6.45, 7) is 4.21. The first-order valence-corrected chi connectivity index (χ1v) is 12.2. The van der Waals surface area contributed by atoms with Crippen molar-refractivity contribution in [3.05, 3.63) is 120 Å². The minimum Gasteiger partial charge on any atom is -0.507 e. The molecule has 6 aromatic carbocycles. The van der Waals surface area contributed by atoms with Gasteiger partial charge >= 0.3 is 0 Å². The molecule has 0 amide bonds. The molecule has 0 unspecified atom stereocenters. The lowest BCUT2D eigenvalue weighted by atomic mass is 9.80. The lowest BCUT2D eigenvalue weighted by Gasteiger charge is -2.23. The van der Waals surface area contributed by atoms with E-state index in [1.165, 1.54) is 0 Å². The summed E-state index contributed by atoms with van der Waals surface area (Å²) in [4.78, 5) is 0. The minimum atomic E-state index is 0.248. The van der Waals surface area contributed by atoms with Gasteiger partial charge in [0.25, 0.3) is 0 Å². The summed E-state index contributed by atoms with van der Waals surface area (Å²) in [5.74, 6) is 0.497. The van der Waals surface area contributed by atoms with Crippen molar-refractivity contribution in [1.29, 1.82) is 0 Å². The highest BCUT2D eigenvalue weighted by Gasteiger charge is 2.24. The molecule has 0 saturated carbocycles. The van der Waals surface area contributed by atoms with Crippen molar-refractivity contribution < 1.29 is 10.2 Å². The highest BCUT2D eigenvalue weighted by molar-refractivity contribution is 6.16. The molecule has 0 radical (unpaired) electrons. The van der Waals surface area contributed by atoms with Gasteiger partial charge in [0.1, 0.15) is 11.5 Å². The van der Waals surface area contributed by atoms with Crippen LogP contribution in [0.5, 0.6) is 11.5 Å². The number of fused-ring (bicyclic) bond motifs is 2. The topological polar surface area (TPSA) is 40.5 Å². The second-order valence-electron chi connectivity index (χ2n) is 9.36. The summed E-state index contributed by atoms with van der Waals surface area (Å²) in [5.41, 5.74) is 7.88. The first kappa shape index (κ1) is 21.9. The van der Waals surface area contributed by atoms with Crippen molar-refractivity contribution in [2.75, 3.05) is 0 Å².